The van der Waals surface area contributed by atoms with Crippen molar-refractivity contribution in [3.05, 3.63) is 59.9 Å². The van der Waals surface area contributed by atoms with Crippen LogP contribution in [0, 0.1) is 0 Å². The van der Waals surface area contributed by atoms with Crippen LogP contribution in [0.3, 0.4) is 0 Å². The second kappa shape index (κ2) is 14.7. The van der Waals surface area contributed by atoms with Crippen LogP contribution >= 0.6 is 0 Å². The van der Waals surface area contributed by atoms with Crippen molar-refractivity contribution < 1.29 is 61.5 Å². The van der Waals surface area contributed by atoms with Crippen LogP contribution in [0.1, 0.15) is 45.7 Å². The summed E-state index contributed by atoms with van der Waals surface area (Å²) in [4.78, 5) is 59.4. The monoisotopic (exact) mass is 626 g/mol. The summed E-state index contributed by atoms with van der Waals surface area (Å²) in [5.74, 6) is -2.55. The Bertz CT molecular complexity index is 1560. The molecule has 13 nitrogen and oxygen atoms in total. The largest absolute Gasteiger partial charge is 0.464 e. The Kier molecular flexibility index (Phi) is 10.8. The number of aryl methyl sites for hydroxylation is 2. The van der Waals surface area contributed by atoms with Crippen LogP contribution in [0.5, 0.6) is 11.5 Å². The highest BCUT2D eigenvalue weighted by molar-refractivity contribution is 5.87. The number of ether oxygens (including phenoxy) is 7. The Balaban J connectivity index is 1.67. The van der Waals surface area contributed by atoms with Gasteiger partial charge in [0.25, 0.3) is 0 Å². The summed E-state index contributed by atoms with van der Waals surface area (Å²) in [7, 11) is 0. The number of hydrogen-bond donors (Lipinski definition) is 0. The van der Waals surface area contributed by atoms with Crippen molar-refractivity contribution in [2.75, 3.05) is 6.61 Å². The molecule has 1 aliphatic heterocycles. The normalized spacial score (nSPS) is 21.0. The van der Waals surface area contributed by atoms with E-state index >= 15 is 0 Å². The zero-order valence-electron chi connectivity index (χ0n) is 25.4. The molecule has 3 aromatic rings. The zero-order chi connectivity index (χ0) is 32.7. The van der Waals surface area contributed by atoms with E-state index in [2.05, 4.69) is 0 Å². The summed E-state index contributed by atoms with van der Waals surface area (Å²) in [5.41, 5.74) is 2.20. The van der Waals surface area contributed by atoms with Gasteiger partial charge in [0.1, 0.15) is 29.8 Å². The van der Waals surface area contributed by atoms with Gasteiger partial charge in [-0.15, -0.1) is 0 Å². The molecule has 0 aliphatic carbocycles. The van der Waals surface area contributed by atoms with Crippen molar-refractivity contribution in [1.29, 1.82) is 0 Å². The van der Waals surface area contributed by atoms with Gasteiger partial charge in [0.05, 0.1) is 11.6 Å². The third-order valence-electron chi connectivity index (χ3n) is 6.67. The van der Waals surface area contributed by atoms with Crippen molar-refractivity contribution in [2.45, 2.75) is 78.2 Å². The van der Waals surface area contributed by atoms with E-state index in [-0.39, 0.29) is 6.61 Å². The number of hydrogen-bond acceptors (Lipinski definition) is 13. The fraction of sp³-hybridized carbons (Fsp3) is 0.406. The topological polar surface area (TPSA) is 163 Å². The Morgan fingerprint density at radius 3 is 2.07 bits per heavy atom. The number of carbonyl (C=O) groups excluding carboxylic acids is 5. The summed E-state index contributed by atoms with van der Waals surface area (Å²) < 4.78 is 45.0. The van der Waals surface area contributed by atoms with Crippen molar-refractivity contribution in [3.63, 3.8) is 0 Å². The van der Waals surface area contributed by atoms with Crippen LogP contribution in [0.2, 0.25) is 0 Å². The molecule has 4 rings (SSSR count). The van der Waals surface area contributed by atoms with Crippen LogP contribution in [-0.4, -0.2) is 67.2 Å². The lowest BCUT2D eigenvalue weighted by Gasteiger charge is -2.44. The lowest BCUT2D eigenvalue weighted by atomic mass is 9.98. The maximum Gasteiger partial charge on any atom is 0.308 e. The molecule has 5 atom stereocenters. The number of furan rings is 1. The van der Waals surface area contributed by atoms with E-state index in [0.29, 0.717) is 35.3 Å². The molecular formula is C32H34O13. The van der Waals surface area contributed by atoms with E-state index in [4.69, 9.17) is 37.6 Å². The van der Waals surface area contributed by atoms with E-state index in [1.807, 2.05) is 6.07 Å². The van der Waals surface area contributed by atoms with Crippen LogP contribution in [0.4, 0.5) is 0 Å². The predicted molar refractivity (Wildman–Crippen MR) is 154 cm³/mol. The van der Waals surface area contributed by atoms with E-state index in [9.17, 15) is 24.0 Å². The number of fused-ring (bicyclic) bond motifs is 1. The molecule has 240 valence electrons. The molecule has 0 unspecified atom stereocenters. The number of esters is 5. The lowest BCUT2D eigenvalue weighted by Crippen LogP contribution is -2.63. The smallest absolute Gasteiger partial charge is 0.308 e. The third kappa shape index (κ3) is 8.82. The van der Waals surface area contributed by atoms with Gasteiger partial charge in [-0.1, -0.05) is 18.2 Å². The average Bonchev–Trinajstić information content (AvgIpc) is 3.37. The molecule has 1 fully saturated rings. The molecule has 2 heterocycles. The van der Waals surface area contributed by atoms with Gasteiger partial charge in [-0.2, -0.15) is 0 Å². The van der Waals surface area contributed by atoms with Crippen LogP contribution in [0.25, 0.3) is 11.0 Å². The molecule has 0 radical (unpaired) electrons. The summed E-state index contributed by atoms with van der Waals surface area (Å²) in [6, 6.07) is 12.3. The minimum absolute atomic E-state index is 0.297. The number of rotatable bonds is 11. The molecule has 0 saturated carbocycles. The summed E-state index contributed by atoms with van der Waals surface area (Å²) in [5, 5.41) is 0.612. The molecule has 2 aromatic carbocycles. The summed E-state index contributed by atoms with van der Waals surface area (Å²) in [6.45, 7) is 5.57. The molecule has 13 heteroatoms. The Labute approximate surface area is 258 Å². The van der Waals surface area contributed by atoms with E-state index < -0.39 is 60.6 Å². The highest BCUT2D eigenvalue weighted by Crippen LogP contribution is 2.36. The minimum atomic E-state index is -1.40. The molecule has 1 aromatic heterocycles. The van der Waals surface area contributed by atoms with Gasteiger partial charge in [-0.05, 0) is 42.7 Å². The maximum atomic E-state index is 12.2. The van der Waals surface area contributed by atoms with Crippen molar-refractivity contribution >= 4 is 40.8 Å². The standard InChI is InChI=1S/C32H34O13/c1-17(33)38-16-27-29(41-19(3)35)30(42-20(4)36)31(43-21(5)37)32(45-27)44-26-11-7-10-25-28(26)23(15-39-25)13-12-22-8-6-9-24(14-22)40-18(2)34/h6-11,14-15,27,29-32H,12-13,16H2,1-5H3/t27-,29-,30+,31-,32-/m1/s1. The molecule has 45 heavy (non-hydrogen) atoms. The van der Waals surface area contributed by atoms with Crippen LogP contribution in [-0.2, 0) is 60.5 Å². The van der Waals surface area contributed by atoms with Crippen molar-refractivity contribution in [3.8, 4) is 11.5 Å². The molecule has 0 N–H and O–H groups in total. The molecule has 1 aliphatic rings. The molecule has 0 bridgehead atoms. The fourth-order valence-corrected chi connectivity index (χ4v) is 5.02. The third-order valence-corrected chi connectivity index (χ3v) is 6.67. The van der Waals surface area contributed by atoms with Crippen LogP contribution < -0.4 is 9.47 Å². The van der Waals surface area contributed by atoms with E-state index in [1.54, 1.807) is 42.7 Å². The highest BCUT2D eigenvalue weighted by atomic mass is 16.7. The van der Waals surface area contributed by atoms with E-state index in [1.165, 1.54) is 13.8 Å². The average molecular weight is 627 g/mol. The number of carbonyl (C=O) groups is 5. The Morgan fingerprint density at radius 1 is 0.733 bits per heavy atom. The molecule has 0 spiro atoms. The summed E-state index contributed by atoms with van der Waals surface area (Å²) in [6.07, 6.45) is -3.96. The first-order chi connectivity index (χ1) is 21.4. The number of benzene rings is 2. The Hall–Kier alpha value is -4.91. The second-order valence-electron chi connectivity index (χ2n) is 10.3. The van der Waals surface area contributed by atoms with Gasteiger partial charge in [-0.25, -0.2) is 0 Å². The van der Waals surface area contributed by atoms with Gasteiger partial charge in [0.2, 0.25) is 12.4 Å². The SMILES string of the molecule is CC(=O)OC[C@H]1O[C@@H](Oc2cccc3occ(CCc4cccc(OC(C)=O)c4)c23)[C@H](OC(C)=O)[C@@H](OC(C)=O)[C@@H]1OC(C)=O. The molecular weight excluding hydrogens is 592 g/mol. The summed E-state index contributed by atoms with van der Waals surface area (Å²) >= 11 is 0. The van der Waals surface area contributed by atoms with E-state index in [0.717, 1.165) is 31.9 Å². The quantitative estimate of drug-likeness (QED) is 0.172. The first-order valence-corrected chi connectivity index (χ1v) is 14.1. The highest BCUT2D eigenvalue weighted by Gasteiger charge is 2.53. The first kappa shape index (κ1) is 33.0. The van der Waals surface area contributed by atoms with Gasteiger partial charge in [0, 0.05) is 40.2 Å². The van der Waals surface area contributed by atoms with Crippen LogP contribution in [0.15, 0.2) is 53.1 Å². The first-order valence-electron chi connectivity index (χ1n) is 14.1. The van der Waals surface area contributed by atoms with Gasteiger partial charge in [0.15, 0.2) is 12.2 Å². The maximum absolute atomic E-state index is 12.2. The fourth-order valence-electron chi connectivity index (χ4n) is 5.02. The Morgan fingerprint density at radius 2 is 1.40 bits per heavy atom. The van der Waals surface area contributed by atoms with Gasteiger partial charge >= 0.3 is 29.8 Å². The van der Waals surface area contributed by atoms with Crippen molar-refractivity contribution in [1.82, 2.24) is 0 Å². The predicted octanol–water partition coefficient (Wildman–Crippen LogP) is 3.61. The second-order valence-corrected chi connectivity index (χ2v) is 10.3. The minimum Gasteiger partial charge on any atom is -0.464 e. The van der Waals surface area contributed by atoms with Crippen molar-refractivity contribution in [2.24, 2.45) is 0 Å². The van der Waals surface area contributed by atoms with Gasteiger partial charge < -0.3 is 37.6 Å². The molecule has 0 amide bonds. The zero-order valence-corrected chi connectivity index (χ0v) is 25.4. The lowest BCUT2D eigenvalue weighted by molar-refractivity contribution is -0.288. The molecule has 1 saturated heterocycles. The van der Waals surface area contributed by atoms with Gasteiger partial charge in [-0.3, -0.25) is 24.0 Å².